The highest BCUT2D eigenvalue weighted by atomic mass is 16.5. The maximum atomic E-state index is 12.2. The van der Waals surface area contributed by atoms with Crippen LogP contribution in [-0.2, 0) is 9.53 Å². The van der Waals surface area contributed by atoms with Crippen LogP contribution in [0.5, 0.6) is 0 Å². The number of piperidine rings is 2. The van der Waals surface area contributed by atoms with E-state index >= 15 is 0 Å². The summed E-state index contributed by atoms with van der Waals surface area (Å²) in [4.78, 5) is 31.6. The number of hydrogen-bond acceptors (Lipinski definition) is 5. The van der Waals surface area contributed by atoms with Crippen molar-refractivity contribution in [2.24, 2.45) is 5.41 Å². The molecule has 136 valence electrons. The van der Waals surface area contributed by atoms with E-state index in [1.54, 1.807) is 19.2 Å². The summed E-state index contributed by atoms with van der Waals surface area (Å²) in [6.07, 6.45) is 5.05. The van der Waals surface area contributed by atoms with Crippen LogP contribution in [0, 0.1) is 5.41 Å². The summed E-state index contributed by atoms with van der Waals surface area (Å²) in [5, 5.41) is 9.01. The Morgan fingerprint density at radius 1 is 1.36 bits per heavy atom. The molecule has 2 aliphatic heterocycles. The van der Waals surface area contributed by atoms with Crippen molar-refractivity contribution in [2.75, 3.05) is 44.8 Å². The summed E-state index contributed by atoms with van der Waals surface area (Å²) in [5.74, 6) is 0.0573. The third-order valence-electron chi connectivity index (χ3n) is 5.29. The number of nitrogens with zero attached hydrogens (tertiary/aromatic N) is 3. The number of methoxy groups -OCH3 is 1. The van der Waals surface area contributed by atoms with Crippen LogP contribution in [0.2, 0.25) is 0 Å². The SMILES string of the molecule is COCCN1CC2(CCCN(c3ccc(C(=O)O)cn3)C2)CCC1=O. The zero-order valence-electron chi connectivity index (χ0n) is 14.6. The predicted octanol–water partition coefficient (Wildman–Crippen LogP) is 1.64. The molecule has 0 saturated carbocycles. The highest BCUT2D eigenvalue weighted by Gasteiger charge is 2.41. The topological polar surface area (TPSA) is 83.0 Å². The molecule has 0 aliphatic carbocycles. The first-order chi connectivity index (χ1) is 12.0. The van der Waals surface area contributed by atoms with Gasteiger partial charge in [-0.3, -0.25) is 4.79 Å². The summed E-state index contributed by atoms with van der Waals surface area (Å²) < 4.78 is 5.13. The van der Waals surface area contributed by atoms with Gasteiger partial charge in [-0.25, -0.2) is 9.78 Å². The van der Waals surface area contributed by atoms with Crippen LogP contribution in [0.1, 0.15) is 36.0 Å². The molecule has 25 heavy (non-hydrogen) atoms. The quantitative estimate of drug-likeness (QED) is 0.872. The first kappa shape index (κ1) is 17.7. The second kappa shape index (κ2) is 7.39. The first-order valence-corrected chi connectivity index (χ1v) is 8.74. The number of aromatic carboxylic acids is 1. The highest BCUT2D eigenvalue weighted by Crippen LogP contribution is 2.39. The zero-order chi connectivity index (χ0) is 17.9. The maximum absolute atomic E-state index is 12.2. The molecule has 0 bridgehead atoms. The van der Waals surface area contributed by atoms with Gasteiger partial charge in [-0.15, -0.1) is 0 Å². The molecule has 7 nitrogen and oxygen atoms in total. The molecule has 1 spiro atoms. The molecule has 0 aromatic carbocycles. The van der Waals surface area contributed by atoms with Gasteiger partial charge in [0.05, 0.1) is 12.2 Å². The van der Waals surface area contributed by atoms with Crippen molar-refractivity contribution < 1.29 is 19.4 Å². The second-order valence-corrected chi connectivity index (χ2v) is 7.04. The molecule has 2 aliphatic rings. The Labute approximate surface area is 147 Å². The van der Waals surface area contributed by atoms with E-state index in [2.05, 4.69) is 9.88 Å². The predicted molar refractivity (Wildman–Crippen MR) is 92.8 cm³/mol. The largest absolute Gasteiger partial charge is 0.478 e. The molecule has 1 amide bonds. The molecule has 7 heteroatoms. The third-order valence-corrected chi connectivity index (χ3v) is 5.29. The fourth-order valence-corrected chi connectivity index (χ4v) is 3.94. The van der Waals surface area contributed by atoms with E-state index in [0.717, 1.165) is 44.7 Å². The van der Waals surface area contributed by atoms with Crippen molar-refractivity contribution in [2.45, 2.75) is 25.7 Å². The van der Waals surface area contributed by atoms with Gasteiger partial charge in [-0.1, -0.05) is 0 Å². The van der Waals surface area contributed by atoms with E-state index in [1.807, 2.05) is 4.90 Å². The average Bonchev–Trinajstić information content (AvgIpc) is 2.63. The standard InChI is InChI=1S/C18H25N3O4/c1-25-10-9-21-13-18(7-5-16(21)22)6-2-8-20(12-18)15-4-3-14(11-19-15)17(23)24/h3-4,11H,2,5-10,12-13H2,1H3,(H,23,24). The van der Waals surface area contributed by atoms with Crippen LogP contribution in [-0.4, -0.2) is 66.8 Å². The minimum absolute atomic E-state index is 0.0903. The van der Waals surface area contributed by atoms with Crippen molar-refractivity contribution >= 4 is 17.7 Å². The number of ether oxygens (including phenoxy) is 1. The number of carbonyl (C=O) groups excluding carboxylic acids is 1. The Kier molecular flexibility index (Phi) is 5.22. The van der Waals surface area contributed by atoms with Gasteiger partial charge in [-0.2, -0.15) is 0 Å². The van der Waals surface area contributed by atoms with E-state index in [9.17, 15) is 9.59 Å². The molecule has 1 N–H and O–H groups in total. The number of likely N-dealkylation sites (tertiary alicyclic amines) is 1. The Morgan fingerprint density at radius 2 is 2.20 bits per heavy atom. The molecular weight excluding hydrogens is 322 g/mol. The lowest BCUT2D eigenvalue weighted by Crippen LogP contribution is -2.54. The van der Waals surface area contributed by atoms with Crippen molar-refractivity contribution in [3.05, 3.63) is 23.9 Å². The van der Waals surface area contributed by atoms with Gasteiger partial charge in [-0.05, 0) is 31.4 Å². The fourth-order valence-electron chi connectivity index (χ4n) is 3.94. The van der Waals surface area contributed by atoms with Gasteiger partial charge in [0.1, 0.15) is 5.82 Å². The van der Waals surface area contributed by atoms with Crippen molar-refractivity contribution in [1.82, 2.24) is 9.88 Å². The minimum Gasteiger partial charge on any atom is -0.478 e. The lowest BCUT2D eigenvalue weighted by atomic mass is 9.73. The summed E-state index contributed by atoms with van der Waals surface area (Å²) in [6, 6.07) is 3.38. The number of carboxylic acid groups (broad SMARTS) is 1. The maximum Gasteiger partial charge on any atom is 0.337 e. The number of hydrogen-bond donors (Lipinski definition) is 1. The molecule has 1 aromatic rings. The van der Waals surface area contributed by atoms with Gasteiger partial charge in [0.15, 0.2) is 0 Å². The lowest BCUT2D eigenvalue weighted by Gasteiger charge is -2.48. The number of anilines is 1. The Hall–Kier alpha value is -2.15. The normalized spacial score (nSPS) is 24.0. The first-order valence-electron chi connectivity index (χ1n) is 8.74. The van der Waals surface area contributed by atoms with Crippen LogP contribution in [0.3, 0.4) is 0 Å². The average molecular weight is 347 g/mol. The van der Waals surface area contributed by atoms with E-state index in [1.165, 1.54) is 6.20 Å². The van der Waals surface area contributed by atoms with Gasteiger partial charge in [0.2, 0.25) is 5.91 Å². The lowest BCUT2D eigenvalue weighted by molar-refractivity contribution is -0.138. The fraction of sp³-hybridized carbons (Fsp3) is 0.611. The summed E-state index contributed by atoms with van der Waals surface area (Å²) in [6.45, 7) is 3.72. The molecule has 1 unspecified atom stereocenters. The van der Waals surface area contributed by atoms with Crippen LogP contribution < -0.4 is 4.90 Å². The van der Waals surface area contributed by atoms with Crippen LogP contribution in [0.25, 0.3) is 0 Å². The minimum atomic E-state index is -0.964. The van der Waals surface area contributed by atoms with Crippen LogP contribution in [0.4, 0.5) is 5.82 Å². The van der Waals surface area contributed by atoms with E-state index in [4.69, 9.17) is 9.84 Å². The number of carboxylic acids is 1. The Bertz CT molecular complexity index is 634. The zero-order valence-corrected chi connectivity index (χ0v) is 14.6. The molecule has 1 atom stereocenters. The molecule has 0 radical (unpaired) electrons. The monoisotopic (exact) mass is 347 g/mol. The number of aromatic nitrogens is 1. The van der Waals surface area contributed by atoms with Crippen LogP contribution in [0.15, 0.2) is 18.3 Å². The number of rotatable bonds is 5. The van der Waals surface area contributed by atoms with Gasteiger partial charge < -0.3 is 19.6 Å². The molecule has 3 heterocycles. The molecule has 2 saturated heterocycles. The number of carbonyl (C=O) groups is 2. The smallest absolute Gasteiger partial charge is 0.337 e. The Balaban J connectivity index is 1.71. The number of amides is 1. The van der Waals surface area contributed by atoms with Crippen molar-refractivity contribution in [3.63, 3.8) is 0 Å². The second-order valence-electron chi connectivity index (χ2n) is 7.04. The molecule has 1 aromatic heterocycles. The van der Waals surface area contributed by atoms with Crippen LogP contribution >= 0.6 is 0 Å². The summed E-state index contributed by atoms with van der Waals surface area (Å²) >= 11 is 0. The van der Waals surface area contributed by atoms with E-state index in [-0.39, 0.29) is 16.9 Å². The summed E-state index contributed by atoms with van der Waals surface area (Å²) in [5.41, 5.74) is 0.289. The molecule has 3 rings (SSSR count). The van der Waals surface area contributed by atoms with E-state index < -0.39 is 5.97 Å². The van der Waals surface area contributed by atoms with Gasteiger partial charge in [0, 0.05) is 51.3 Å². The molecule has 2 fully saturated rings. The van der Waals surface area contributed by atoms with Gasteiger partial charge in [0.25, 0.3) is 0 Å². The van der Waals surface area contributed by atoms with Gasteiger partial charge >= 0.3 is 5.97 Å². The molecular formula is C18H25N3O4. The third kappa shape index (κ3) is 3.92. The summed E-state index contributed by atoms with van der Waals surface area (Å²) in [7, 11) is 1.65. The highest BCUT2D eigenvalue weighted by molar-refractivity contribution is 5.87. The van der Waals surface area contributed by atoms with Crippen molar-refractivity contribution in [1.29, 1.82) is 0 Å². The van der Waals surface area contributed by atoms with Crippen molar-refractivity contribution in [3.8, 4) is 0 Å². The Morgan fingerprint density at radius 3 is 2.88 bits per heavy atom. The van der Waals surface area contributed by atoms with E-state index in [0.29, 0.717) is 19.6 Å². The number of pyridine rings is 1.